The maximum atomic E-state index is 12.6. The Bertz CT molecular complexity index is 600. The van der Waals surface area contributed by atoms with E-state index in [2.05, 4.69) is 17.0 Å². The molecule has 0 bridgehead atoms. The highest BCUT2D eigenvalue weighted by Gasteiger charge is 2.26. The minimum atomic E-state index is 0.319. The van der Waals surface area contributed by atoms with Crippen molar-refractivity contribution in [2.24, 2.45) is 5.92 Å². The molecular weight excluding hydrogens is 322 g/mol. The van der Waals surface area contributed by atoms with E-state index in [0.717, 1.165) is 43.2 Å². The standard InChI is InChI=1S/C19H25NO3S/c21-19(11-14-3-1-2-4-14)20-8-7-18(24-10-9-20)15-5-6-16-17(12-15)23-13-22-16/h5-6,12,14,18H,1-4,7-11,13H2. The molecule has 1 aliphatic carbocycles. The van der Waals surface area contributed by atoms with Gasteiger partial charge in [0.1, 0.15) is 0 Å². The fourth-order valence-electron chi connectivity index (χ4n) is 3.99. The lowest BCUT2D eigenvalue weighted by Crippen LogP contribution is -2.33. The number of amides is 1. The van der Waals surface area contributed by atoms with Gasteiger partial charge in [0, 0.05) is 30.5 Å². The van der Waals surface area contributed by atoms with Crippen LogP contribution < -0.4 is 9.47 Å². The fourth-order valence-corrected chi connectivity index (χ4v) is 5.21. The molecule has 1 aromatic carbocycles. The predicted octanol–water partition coefficient (Wildman–Crippen LogP) is 4.00. The molecule has 0 radical (unpaired) electrons. The van der Waals surface area contributed by atoms with Gasteiger partial charge in [0.25, 0.3) is 0 Å². The van der Waals surface area contributed by atoms with Crippen molar-refractivity contribution < 1.29 is 14.3 Å². The summed E-state index contributed by atoms with van der Waals surface area (Å²) in [5.41, 5.74) is 1.29. The number of fused-ring (bicyclic) bond motifs is 1. The van der Waals surface area contributed by atoms with Gasteiger partial charge in [-0.1, -0.05) is 18.9 Å². The normalized spacial score (nSPS) is 24.2. The lowest BCUT2D eigenvalue weighted by molar-refractivity contribution is -0.131. The molecule has 130 valence electrons. The Labute approximate surface area is 147 Å². The van der Waals surface area contributed by atoms with Gasteiger partial charge in [-0.25, -0.2) is 0 Å². The maximum absolute atomic E-state index is 12.6. The van der Waals surface area contributed by atoms with E-state index in [1.165, 1.54) is 31.2 Å². The molecule has 5 heteroatoms. The monoisotopic (exact) mass is 347 g/mol. The van der Waals surface area contributed by atoms with E-state index >= 15 is 0 Å². The Hall–Kier alpha value is -1.36. The SMILES string of the molecule is O=C(CC1CCCC1)N1CCSC(c2ccc3c(c2)OCO3)CC1. The first kappa shape index (κ1) is 16.1. The largest absolute Gasteiger partial charge is 0.454 e. The van der Waals surface area contributed by atoms with Gasteiger partial charge in [0.05, 0.1) is 0 Å². The number of hydrogen-bond donors (Lipinski definition) is 0. The van der Waals surface area contributed by atoms with E-state index in [1.807, 2.05) is 17.8 Å². The van der Waals surface area contributed by atoms with Crippen molar-refractivity contribution in [2.75, 3.05) is 25.6 Å². The third-order valence-electron chi connectivity index (χ3n) is 5.40. The van der Waals surface area contributed by atoms with Crippen LogP contribution in [0.25, 0.3) is 0 Å². The van der Waals surface area contributed by atoms with E-state index in [9.17, 15) is 4.79 Å². The summed E-state index contributed by atoms with van der Waals surface area (Å²) in [5, 5.41) is 0.434. The van der Waals surface area contributed by atoms with Crippen molar-refractivity contribution in [3.63, 3.8) is 0 Å². The summed E-state index contributed by atoms with van der Waals surface area (Å²) >= 11 is 1.96. The number of rotatable bonds is 3. The molecule has 4 nitrogen and oxygen atoms in total. The van der Waals surface area contributed by atoms with Crippen molar-refractivity contribution in [2.45, 2.75) is 43.8 Å². The van der Waals surface area contributed by atoms with Crippen LogP contribution >= 0.6 is 11.8 Å². The molecule has 1 aromatic rings. The Morgan fingerprint density at radius 1 is 1.12 bits per heavy atom. The maximum Gasteiger partial charge on any atom is 0.231 e. The molecule has 3 aliphatic rings. The molecule has 24 heavy (non-hydrogen) atoms. The first-order chi connectivity index (χ1) is 11.8. The molecule has 1 unspecified atom stereocenters. The van der Waals surface area contributed by atoms with Gasteiger partial charge in [0.2, 0.25) is 12.7 Å². The Kier molecular flexibility index (Phi) is 4.88. The summed E-state index contributed by atoms with van der Waals surface area (Å²) in [4.78, 5) is 14.7. The van der Waals surface area contributed by atoms with E-state index in [4.69, 9.17) is 9.47 Å². The van der Waals surface area contributed by atoms with E-state index in [0.29, 0.717) is 23.9 Å². The van der Waals surface area contributed by atoms with Crippen LogP contribution in [0.2, 0.25) is 0 Å². The second kappa shape index (κ2) is 7.26. The lowest BCUT2D eigenvalue weighted by Gasteiger charge is -2.22. The van der Waals surface area contributed by atoms with Crippen LogP contribution in [0.1, 0.15) is 49.3 Å². The number of carbonyl (C=O) groups excluding carboxylic acids is 1. The highest BCUT2D eigenvalue weighted by atomic mass is 32.2. The highest BCUT2D eigenvalue weighted by Crippen LogP contribution is 2.40. The lowest BCUT2D eigenvalue weighted by atomic mass is 10.0. The number of thioether (sulfide) groups is 1. The second-order valence-corrected chi connectivity index (χ2v) is 8.31. The van der Waals surface area contributed by atoms with Crippen LogP contribution in [0.3, 0.4) is 0 Å². The zero-order valence-electron chi connectivity index (χ0n) is 14.0. The second-order valence-electron chi connectivity index (χ2n) is 7.00. The zero-order valence-corrected chi connectivity index (χ0v) is 14.9. The molecule has 1 atom stereocenters. The Morgan fingerprint density at radius 3 is 2.83 bits per heavy atom. The predicted molar refractivity (Wildman–Crippen MR) is 95.5 cm³/mol. The summed E-state index contributed by atoms with van der Waals surface area (Å²) < 4.78 is 10.9. The van der Waals surface area contributed by atoms with Crippen LogP contribution in [-0.2, 0) is 4.79 Å². The van der Waals surface area contributed by atoms with Gasteiger partial charge in [-0.3, -0.25) is 4.79 Å². The number of nitrogens with zero attached hydrogens (tertiary/aromatic N) is 1. The first-order valence-corrected chi connectivity index (χ1v) is 10.1. The molecule has 4 rings (SSSR count). The Balaban J connectivity index is 1.36. The smallest absolute Gasteiger partial charge is 0.231 e. The summed E-state index contributed by atoms with van der Waals surface area (Å²) in [6.07, 6.45) is 6.88. The Morgan fingerprint density at radius 2 is 1.96 bits per heavy atom. The zero-order chi connectivity index (χ0) is 16.4. The number of benzene rings is 1. The van der Waals surface area contributed by atoms with Crippen LogP contribution in [0.15, 0.2) is 18.2 Å². The molecule has 1 saturated heterocycles. The molecule has 0 N–H and O–H groups in total. The van der Waals surface area contributed by atoms with Crippen LogP contribution in [-0.4, -0.2) is 36.4 Å². The van der Waals surface area contributed by atoms with Crippen molar-refractivity contribution >= 4 is 17.7 Å². The summed E-state index contributed by atoms with van der Waals surface area (Å²) in [6.45, 7) is 2.08. The van der Waals surface area contributed by atoms with Crippen LogP contribution in [0, 0.1) is 5.92 Å². The van der Waals surface area contributed by atoms with Gasteiger partial charge in [0.15, 0.2) is 11.5 Å². The average Bonchev–Trinajstić information content (AvgIpc) is 3.20. The van der Waals surface area contributed by atoms with Crippen LogP contribution in [0.4, 0.5) is 0 Å². The van der Waals surface area contributed by atoms with Gasteiger partial charge in [-0.2, -0.15) is 11.8 Å². The van der Waals surface area contributed by atoms with Crippen molar-refractivity contribution in [1.82, 2.24) is 4.90 Å². The van der Waals surface area contributed by atoms with Gasteiger partial charge >= 0.3 is 0 Å². The van der Waals surface area contributed by atoms with Crippen molar-refractivity contribution in [1.29, 1.82) is 0 Å². The molecule has 2 heterocycles. The topological polar surface area (TPSA) is 38.8 Å². The minimum absolute atomic E-state index is 0.319. The average molecular weight is 347 g/mol. The molecular formula is C19H25NO3S. The van der Waals surface area contributed by atoms with Gasteiger partial charge in [-0.05, 0) is 42.9 Å². The number of ether oxygens (including phenoxy) is 2. The first-order valence-electron chi connectivity index (χ1n) is 9.08. The third-order valence-corrected chi connectivity index (χ3v) is 6.73. The number of hydrogen-bond acceptors (Lipinski definition) is 4. The molecule has 0 spiro atoms. The minimum Gasteiger partial charge on any atom is -0.454 e. The van der Waals surface area contributed by atoms with E-state index in [1.54, 1.807) is 0 Å². The molecule has 2 fully saturated rings. The fraction of sp³-hybridized carbons (Fsp3) is 0.632. The highest BCUT2D eigenvalue weighted by molar-refractivity contribution is 7.99. The molecule has 1 amide bonds. The van der Waals surface area contributed by atoms with Crippen molar-refractivity contribution in [3.8, 4) is 11.5 Å². The molecule has 2 aliphatic heterocycles. The van der Waals surface area contributed by atoms with Crippen LogP contribution in [0.5, 0.6) is 11.5 Å². The molecule has 1 saturated carbocycles. The third kappa shape index (κ3) is 3.51. The summed E-state index contributed by atoms with van der Waals surface area (Å²) in [6, 6.07) is 6.25. The summed E-state index contributed by atoms with van der Waals surface area (Å²) in [7, 11) is 0. The number of carbonyl (C=O) groups is 1. The quantitative estimate of drug-likeness (QED) is 0.828. The summed E-state index contributed by atoms with van der Waals surface area (Å²) in [5.74, 6) is 3.71. The van der Waals surface area contributed by atoms with E-state index < -0.39 is 0 Å². The van der Waals surface area contributed by atoms with Crippen molar-refractivity contribution in [3.05, 3.63) is 23.8 Å². The van der Waals surface area contributed by atoms with Gasteiger partial charge < -0.3 is 14.4 Å². The van der Waals surface area contributed by atoms with E-state index in [-0.39, 0.29) is 0 Å². The molecule has 0 aromatic heterocycles. The van der Waals surface area contributed by atoms with Gasteiger partial charge in [-0.15, -0.1) is 0 Å².